The zero-order valence-corrected chi connectivity index (χ0v) is 14.9. The van der Waals surface area contributed by atoms with E-state index in [9.17, 15) is 0 Å². The molecule has 1 unspecified atom stereocenters. The maximum absolute atomic E-state index is 4.67. The molecule has 128 valence electrons. The summed E-state index contributed by atoms with van der Waals surface area (Å²) in [7, 11) is 0. The van der Waals surface area contributed by atoms with Gasteiger partial charge in [0.1, 0.15) is 5.82 Å². The molecule has 0 amide bonds. The number of pyridine rings is 1. The Labute approximate surface area is 144 Å². The zero-order chi connectivity index (χ0) is 16.9. The first-order valence-electron chi connectivity index (χ1n) is 8.86. The van der Waals surface area contributed by atoms with Crippen molar-refractivity contribution in [2.75, 3.05) is 25.0 Å². The normalized spacial score (nSPS) is 18.8. The molecule has 2 aromatic heterocycles. The first kappa shape index (κ1) is 16.8. The van der Waals surface area contributed by atoms with E-state index in [-0.39, 0.29) is 0 Å². The number of likely N-dealkylation sites (tertiary alicyclic amines) is 1. The lowest BCUT2D eigenvalue weighted by Gasteiger charge is -2.35. The van der Waals surface area contributed by atoms with Crippen molar-refractivity contribution in [1.29, 1.82) is 0 Å². The number of rotatable bonds is 5. The van der Waals surface area contributed by atoms with Crippen LogP contribution >= 0.6 is 0 Å². The average Bonchev–Trinajstić information content (AvgIpc) is 2.60. The van der Waals surface area contributed by atoms with Crippen LogP contribution in [0.15, 0.2) is 30.6 Å². The van der Waals surface area contributed by atoms with Crippen LogP contribution in [0.2, 0.25) is 0 Å². The molecule has 0 radical (unpaired) electrons. The third-order valence-electron chi connectivity index (χ3n) is 4.63. The van der Waals surface area contributed by atoms with E-state index in [0.29, 0.717) is 12.0 Å². The molecule has 5 nitrogen and oxygen atoms in total. The van der Waals surface area contributed by atoms with Crippen molar-refractivity contribution in [2.45, 2.75) is 39.7 Å². The maximum Gasteiger partial charge on any atom is 0.163 e. The van der Waals surface area contributed by atoms with Crippen LogP contribution in [0.5, 0.6) is 0 Å². The van der Waals surface area contributed by atoms with E-state index in [1.54, 1.807) is 12.4 Å². The van der Waals surface area contributed by atoms with Gasteiger partial charge >= 0.3 is 0 Å². The summed E-state index contributed by atoms with van der Waals surface area (Å²) in [6, 6.07) is 6.55. The van der Waals surface area contributed by atoms with Crippen LogP contribution in [-0.2, 0) is 0 Å². The first-order chi connectivity index (χ1) is 11.6. The second-order valence-corrected chi connectivity index (χ2v) is 6.94. The first-order valence-corrected chi connectivity index (χ1v) is 8.86. The minimum Gasteiger partial charge on any atom is -0.370 e. The average molecular weight is 325 g/mol. The summed E-state index contributed by atoms with van der Waals surface area (Å²) in [6.07, 6.45) is 6.15. The quantitative estimate of drug-likeness (QED) is 0.913. The van der Waals surface area contributed by atoms with Gasteiger partial charge in [-0.05, 0) is 58.2 Å². The standard InChI is InChI=1S/C19H27N5/c1-14(2)24-9-5-6-16(13-24)11-21-18-10-15(3)22-19(23-18)17-7-4-8-20-12-17/h4,7-8,10,12,14,16H,5-6,9,11,13H2,1-3H3,(H,21,22,23). The zero-order valence-electron chi connectivity index (χ0n) is 14.9. The monoisotopic (exact) mass is 325 g/mol. The summed E-state index contributed by atoms with van der Waals surface area (Å²) in [5, 5.41) is 3.53. The van der Waals surface area contributed by atoms with Crippen LogP contribution in [-0.4, -0.2) is 45.5 Å². The fraction of sp³-hybridized carbons (Fsp3) is 0.526. The van der Waals surface area contributed by atoms with Crippen molar-refractivity contribution in [3.05, 3.63) is 36.3 Å². The Morgan fingerprint density at radius 2 is 2.21 bits per heavy atom. The number of piperidine rings is 1. The summed E-state index contributed by atoms with van der Waals surface area (Å²) < 4.78 is 0. The van der Waals surface area contributed by atoms with Gasteiger partial charge in [-0.1, -0.05) is 0 Å². The SMILES string of the molecule is Cc1cc(NCC2CCCN(C(C)C)C2)nc(-c2cccnc2)n1. The van der Waals surface area contributed by atoms with E-state index in [1.807, 2.05) is 25.1 Å². The van der Waals surface area contributed by atoms with Crippen molar-refractivity contribution in [3.8, 4) is 11.4 Å². The molecule has 2 aromatic rings. The van der Waals surface area contributed by atoms with Crippen molar-refractivity contribution < 1.29 is 0 Å². The molecule has 0 bridgehead atoms. The van der Waals surface area contributed by atoms with E-state index in [0.717, 1.165) is 29.4 Å². The Hall–Kier alpha value is -2.01. The lowest BCUT2D eigenvalue weighted by atomic mass is 9.97. The van der Waals surface area contributed by atoms with Gasteiger partial charge < -0.3 is 10.2 Å². The highest BCUT2D eigenvalue weighted by molar-refractivity contribution is 5.56. The van der Waals surface area contributed by atoms with E-state index < -0.39 is 0 Å². The van der Waals surface area contributed by atoms with Gasteiger partial charge in [-0.2, -0.15) is 0 Å². The number of aromatic nitrogens is 3. The Balaban J connectivity index is 1.66. The Bertz CT molecular complexity index is 656. The number of hydrogen-bond acceptors (Lipinski definition) is 5. The van der Waals surface area contributed by atoms with Gasteiger partial charge in [0.05, 0.1) is 0 Å². The van der Waals surface area contributed by atoms with E-state index in [4.69, 9.17) is 0 Å². The van der Waals surface area contributed by atoms with Crippen molar-refractivity contribution >= 4 is 5.82 Å². The molecule has 3 heterocycles. The molecule has 0 aliphatic carbocycles. The molecule has 1 N–H and O–H groups in total. The van der Waals surface area contributed by atoms with Gasteiger partial charge in [-0.25, -0.2) is 9.97 Å². The molecule has 0 spiro atoms. The van der Waals surface area contributed by atoms with Crippen LogP contribution in [0.3, 0.4) is 0 Å². The number of nitrogens with one attached hydrogen (secondary N) is 1. The fourth-order valence-electron chi connectivity index (χ4n) is 3.27. The van der Waals surface area contributed by atoms with Crippen LogP contribution in [0.4, 0.5) is 5.82 Å². The van der Waals surface area contributed by atoms with E-state index in [2.05, 4.69) is 39.0 Å². The number of hydrogen-bond donors (Lipinski definition) is 1. The molecule has 5 heteroatoms. The van der Waals surface area contributed by atoms with Crippen molar-refractivity contribution in [3.63, 3.8) is 0 Å². The lowest BCUT2D eigenvalue weighted by molar-refractivity contribution is 0.145. The predicted molar refractivity (Wildman–Crippen MR) is 97.9 cm³/mol. The van der Waals surface area contributed by atoms with Crippen LogP contribution in [0, 0.1) is 12.8 Å². The summed E-state index contributed by atoms with van der Waals surface area (Å²) in [5.74, 6) is 2.32. The highest BCUT2D eigenvalue weighted by Crippen LogP contribution is 2.20. The number of anilines is 1. The van der Waals surface area contributed by atoms with E-state index >= 15 is 0 Å². The maximum atomic E-state index is 4.67. The molecular formula is C19H27N5. The molecule has 1 fully saturated rings. The summed E-state index contributed by atoms with van der Waals surface area (Å²) in [4.78, 5) is 15.9. The summed E-state index contributed by atoms with van der Waals surface area (Å²) in [5.41, 5.74) is 1.92. The third-order valence-corrected chi connectivity index (χ3v) is 4.63. The van der Waals surface area contributed by atoms with Crippen LogP contribution in [0.25, 0.3) is 11.4 Å². The third kappa shape index (κ3) is 4.29. The predicted octanol–water partition coefficient (Wildman–Crippen LogP) is 3.38. The minimum atomic E-state index is 0.631. The second-order valence-electron chi connectivity index (χ2n) is 6.94. The van der Waals surface area contributed by atoms with Crippen LogP contribution in [0.1, 0.15) is 32.4 Å². The van der Waals surface area contributed by atoms with Gasteiger partial charge in [0.15, 0.2) is 5.82 Å². The van der Waals surface area contributed by atoms with Crippen LogP contribution < -0.4 is 5.32 Å². The number of nitrogens with zero attached hydrogens (tertiary/aromatic N) is 4. The highest BCUT2D eigenvalue weighted by Gasteiger charge is 2.21. The van der Waals surface area contributed by atoms with Gasteiger partial charge in [0.25, 0.3) is 0 Å². The van der Waals surface area contributed by atoms with Crippen molar-refractivity contribution in [1.82, 2.24) is 19.9 Å². The van der Waals surface area contributed by atoms with Gasteiger partial charge in [-0.3, -0.25) is 4.98 Å². The lowest BCUT2D eigenvalue weighted by Crippen LogP contribution is -2.41. The molecule has 24 heavy (non-hydrogen) atoms. The Kier molecular flexibility index (Phi) is 5.41. The van der Waals surface area contributed by atoms with Gasteiger partial charge in [-0.15, -0.1) is 0 Å². The van der Waals surface area contributed by atoms with E-state index in [1.165, 1.54) is 25.9 Å². The molecule has 1 saturated heterocycles. The fourth-order valence-corrected chi connectivity index (χ4v) is 3.27. The molecule has 1 aliphatic rings. The number of aryl methyl sites for hydroxylation is 1. The molecule has 0 aromatic carbocycles. The molecule has 0 saturated carbocycles. The molecule has 3 rings (SSSR count). The minimum absolute atomic E-state index is 0.631. The molecular weight excluding hydrogens is 298 g/mol. The smallest absolute Gasteiger partial charge is 0.163 e. The molecule has 1 atom stereocenters. The topological polar surface area (TPSA) is 53.9 Å². The van der Waals surface area contributed by atoms with Gasteiger partial charge in [0.2, 0.25) is 0 Å². The summed E-state index contributed by atoms with van der Waals surface area (Å²) >= 11 is 0. The highest BCUT2D eigenvalue weighted by atomic mass is 15.2. The largest absolute Gasteiger partial charge is 0.370 e. The summed E-state index contributed by atoms with van der Waals surface area (Å²) in [6.45, 7) is 9.93. The van der Waals surface area contributed by atoms with Gasteiger partial charge in [0, 0.05) is 48.8 Å². The molecule has 1 aliphatic heterocycles. The Morgan fingerprint density at radius 1 is 1.33 bits per heavy atom. The Morgan fingerprint density at radius 3 is 2.96 bits per heavy atom. The second kappa shape index (κ2) is 7.71. The van der Waals surface area contributed by atoms with Crippen molar-refractivity contribution in [2.24, 2.45) is 5.92 Å².